The smallest absolute Gasteiger partial charge is 0.211 e. The van der Waals surface area contributed by atoms with Gasteiger partial charge in [0.2, 0.25) is 10.0 Å². The summed E-state index contributed by atoms with van der Waals surface area (Å²) < 4.78 is 33.8. The molecule has 8 heteroatoms. The molecular weight excluding hydrogens is 340 g/mol. The van der Waals surface area contributed by atoms with Gasteiger partial charge in [0.05, 0.1) is 24.2 Å². The molecule has 0 aromatic carbocycles. The van der Waals surface area contributed by atoms with Crippen molar-refractivity contribution in [1.29, 1.82) is 0 Å². The first-order valence-corrected chi connectivity index (χ1v) is 10.8. The molecule has 0 aliphatic carbocycles. The molecule has 0 radical (unpaired) electrons. The molecule has 1 N–H and O–H groups in total. The number of ether oxygens (including phenoxy) is 1. The summed E-state index contributed by atoms with van der Waals surface area (Å²) in [5, 5.41) is 4.39. The Hall–Kier alpha value is -0.960. The molecule has 1 aromatic rings. The topological polar surface area (TPSA) is 76.5 Å². The van der Waals surface area contributed by atoms with Crippen LogP contribution in [0.4, 0.5) is 0 Å². The molecule has 1 spiro atoms. The van der Waals surface area contributed by atoms with Gasteiger partial charge < -0.3 is 4.74 Å². The van der Waals surface area contributed by atoms with Crippen LogP contribution in [-0.4, -0.2) is 60.7 Å². The summed E-state index contributed by atoms with van der Waals surface area (Å²) in [5.74, 6) is 0.414. The van der Waals surface area contributed by atoms with E-state index in [9.17, 15) is 8.42 Å². The zero-order chi connectivity index (χ0) is 18.1. The lowest BCUT2D eigenvalue weighted by molar-refractivity contribution is -0.181. The summed E-state index contributed by atoms with van der Waals surface area (Å²) in [4.78, 5) is 2.39. The number of rotatable bonds is 7. The Morgan fingerprint density at radius 2 is 2.20 bits per heavy atom. The molecule has 0 unspecified atom stereocenters. The predicted octanol–water partition coefficient (Wildman–Crippen LogP) is 1.38. The van der Waals surface area contributed by atoms with E-state index in [2.05, 4.69) is 34.8 Å². The van der Waals surface area contributed by atoms with Gasteiger partial charge in [-0.05, 0) is 39.5 Å². The maximum absolute atomic E-state index is 11.5. The second kappa shape index (κ2) is 7.34. The molecule has 142 valence electrons. The molecule has 1 atom stereocenters. The molecular formula is C17H30N4O3S. The standard InChI is InChI=1S/C17H30N4O3S/c1-4-25(22,23)19-8-15-5-6-17(24-11-15)12-20(13-17)9-16-7-18-21(10-16)14(2)3/h7,10,14-15,19H,4-6,8-9,11-13H2,1-3H3/t15-/m0/s1. The van der Waals surface area contributed by atoms with Gasteiger partial charge in [0.25, 0.3) is 0 Å². The summed E-state index contributed by atoms with van der Waals surface area (Å²) in [7, 11) is -3.11. The molecule has 2 aliphatic heterocycles. The number of nitrogens with zero attached hydrogens (tertiary/aromatic N) is 3. The highest BCUT2D eigenvalue weighted by molar-refractivity contribution is 7.89. The third-order valence-electron chi connectivity index (χ3n) is 5.22. The van der Waals surface area contributed by atoms with Crippen LogP contribution in [0.1, 0.15) is 45.2 Å². The third kappa shape index (κ3) is 4.61. The molecule has 7 nitrogen and oxygen atoms in total. The summed E-state index contributed by atoms with van der Waals surface area (Å²) in [6, 6.07) is 0.389. The molecule has 0 amide bonds. The first-order chi connectivity index (χ1) is 11.8. The summed E-state index contributed by atoms with van der Waals surface area (Å²) in [6.07, 6.45) is 6.09. The zero-order valence-electron chi connectivity index (χ0n) is 15.4. The Morgan fingerprint density at radius 3 is 2.76 bits per heavy atom. The number of likely N-dealkylation sites (tertiary alicyclic amines) is 1. The van der Waals surface area contributed by atoms with Crippen LogP contribution in [0.5, 0.6) is 0 Å². The van der Waals surface area contributed by atoms with Crippen molar-refractivity contribution in [3.63, 3.8) is 0 Å². The van der Waals surface area contributed by atoms with Crippen molar-refractivity contribution in [2.45, 2.75) is 51.8 Å². The minimum Gasteiger partial charge on any atom is -0.372 e. The van der Waals surface area contributed by atoms with Gasteiger partial charge in [-0.2, -0.15) is 5.10 Å². The molecule has 2 saturated heterocycles. The van der Waals surface area contributed by atoms with Gasteiger partial charge in [0, 0.05) is 44.0 Å². The number of hydrogen-bond acceptors (Lipinski definition) is 5. The second-order valence-electron chi connectivity index (χ2n) is 7.72. The average molecular weight is 371 g/mol. The fourth-order valence-electron chi connectivity index (χ4n) is 3.55. The van der Waals surface area contributed by atoms with Crippen LogP contribution < -0.4 is 4.72 Å². The Kier molecular flexibility index (Phi) is 5.53. The maximum Gasteiger partial charge on any atom is 0.211 e. The molecule has 0 saturated carbocycles. The van der Waals surface area contributed by atoms with E-state index in [0.717, 1.165) is 32.5 Å². The van der Waals surface area contributed by atoms with Gasteiger partial charge in [0.15, 0.2) is 0 Å². The monoisotopic (exact) mass is 370 g/mol. The van der Waals surface area contributed by atoms with Crippen molar-refractivity contribution in [1.82, 2.24) is 19.4 Å². The average Bonchev–Trinajstić information content (AvgIpc) is 3.02. The molecule has 3 rings (SSSR count). The zero-order valence-corrected chi connectivity index (χ0v) is 16.3. The highest BCUT2D eigenvalue weighted by Gasteiger charge is 2.46. The Balaban J connectivity index is 1.40. The fourth-order valence-corrected chi connectivity index (χ4v) is 4.25. The minimum absolute atomic E-state index is 0.0197. The van der Waals surface area contributed by atoms with E-state index < -0.39 is 10.0 Å². The highest BCUT2D eigenvalue weighted by atomic mass is 32.2. The van der Waals surface area contributed by atoms with Crippen LogP contribution in [0.2, 0.25) is 0 Å². The molecule has 0 bridgehead atoms. The number of aromatic nitrogens is 2. The number of sulfonamides is 1. The van der Waals surface area contributed by atoms with Crippen molar-refractivity contribution in [2.24, 2.45) is 5.92 Å². The molecule has 3 heterocycles. The van der Waals surface area contributed by atoms with E-state index in [1.165, 1.54) is 5.56 Å². The van der Waals surface area contributed by atoms with Gasteiger partial charge in [-0.3, -0.25) is 9.58 Å². The van der Waals surface area contributed by atoms with Crippen LogP contribution in [0.15, 0.2) is 12.4 Å². The van der Waals surface area contributed by atoms with Crippen molar-refractivity contribution in [3.8, 4) is 0 Å². The minimum atomic E-state index is -3.11. The first-order valence-electron chi connectivity index (χ1n) is 9.17. The van der Waals surface area contributed by atoms with E-state index >= 15 is 0 Å². The normalized spacial score (nSPS) is 23.9. The van der Waals surface area contributed by atoms with Gasteiger partial charge in [-0.25, -0.2) is 13.1 Å². The molecule has 2 fully saturated rings. The van der Waals surface area contributed by atoms with E-state index in [-0.39, 0.29) is 17.3 Å². The summed E-state index contributed by atoms with van der Waals surface area (Å²) >= 11 is 0. The van der Waals surface area contributed by atoms with Crippen LogP contribution in [0, 0.1) is 5.92 Å². The van der Waals surface area contributed by atoms with Crippen LogP contribution in [0.25, 0.3) is 0 Å². The molecule has 1 aromatic heterocycles. The van der Waals surface area contributed by atoms with Crippen molar-refractivity contribution >= 4 is 10.0 Å². The lowest BCUT2D eigenvalue weighted by Gasteiger charge is -2.53. The van der Waals surface area contributed by atoms with Crippen molar-refractivity contribution in [2.75, 3.05) is 32.0 Å². The fraction of sp³-hybridized carbons (Fsp3) is 0.824. The maximum atomic E-state index is 11.5. The van der Waals surface area contributed by atoms with Crippen molar-refractivity contribution in [3.05, 3.63) is 18.0 Å². The van der Waals surface area contributed by atoms with E-state index in [4.69, 9.17) is 4.74 Å². The first kappa shape index (κ1) is 18.8. The molecule has 25 heavy (non-hydrogen) atoms. The predicted molar refractivity (Wildman–Crippen MR) is 96.8 cm³/mol. The SMILES string of the molecule is CCS(=O)(=O)NC[C@@H]1CCC2(CN(Cc3cnn(C(C)C)c3)C2)OC1. The number of hydrogen-bond donors (Lipinski definition) is 1. The second-order valence-corrected chi connectivity index (χ2v) is 9.81. The molecule has 2 aliphatic rings. The van der Waals surface area contributed by atoms with Gasteiger partial charge >= 0.3 is 0 Å². The summed E-state index contributed by atoms with van der Waals surface area (Å²) in [6.45, 7) is 9.86. The third-order valence-corrected chi connectivity index (χ3v) is 6.59. The Bertz CT molecular complexity index is 670. The van der Waals surface area contributed by atoms with E-state index in [0.29, 0.717) is 19.2 Å². The summed E-state index contributed by atoms with van der Waals surface area (Å²) in [5.41, 5.74) is 1.22. The van der Waals surface area contributed by atoms with Crippen LogP contribution in [0.3, 0.4) is 0 Å². The van der Waals surface area contributed by atoms with E-state index in [1.54, 1.807) is 6.92 Å². The largest absolute Gasteiger partial charge is 0.372 e. The van der Waals surface area contributed by atoms with Crippen molar-refractivity contribution < 1.29 is 13.2 Å². The lowest BCUT2D eigenvalue weighted by atomic mass is 9.83. The Morgan fingerprint density at radius 1 is 1.44 bits per heavy atom. The lowest BCUT2D eigenvalue weighted by Crippen LogP contribution is -2.64. The van der Waals surface area contributed by atoms with Crippen LogP contribution >= 0.6 is 0 Å². The van der Waals surface area contributed by atoms with Gasteiger partial charge in [-0.15, -0.1) is 0 Å². The van der Waals surface area contributed by atoms with E-state index in [1.807, 2.05) is 10.9 Å². The quantitative estimate of drug-likeness (QED) is 0.785. The number of nitrogens with one attached hydrogen (secondary N) is 1. The Labute approximate surface area is 150 Å². The van der Waals surface area contributed by atoms with Gasteiger partial charge in [0.1, 0.15) is 0 Å². The van der Waals surface area contributed by atoms with Gasteiger partial charge in [-0.1, -0.05) is 0 Å². The van der Waals surface area contributed by atoms with Crippen LogP contribution in [-0.2, 0) is 21.3 Å². The highest BCUT2D eigenvalue weighted by Crippen LogP contribution is 2.36.